The van der Waals surface area contributed by atoms with E-state index >= 15 is 0 Å². The van der Waals surface area contributed by atoms with E-state index in [2.05, 4.69) is 530 Å². The zero-order valence-electron chi connectivity index (χ0n) is 100. The topological polar surface area (TPSA) is 29.5 Å². The molecule has 0 fully saturated rings. The molecule has 2 nitrogen and oxygen atoms in total. The summed E-state index contributed by atoms with van der Waals surface area (Å²) in [5, 5.41) is 8.94. The van der Waals surface area contributed by atoms with E-state index in [0.717, 1.165) is 23.3 Å². The normalized spacial score (nSPS) is 10.6. The van der Waals surface area contributed by atoms with Crippen molar-refractivity contribution in [2.24, 2.45) is 0 Å². The molecule has 0 spiro atoms. The molecule has 149 heavy (non-hydrogen) atoms. The first-order valence-corrected chi connectivity index (χ1v) is 54.6. The van der Waals surface area contributed by atoms with E-state index < -0.39 is 11.7 Å². The molecule has 0 aromatic heterocycles. The summed E-state index contributed by atoms with van der Waals surface area (Å²) in [5.74, 6) is 11.7. The Morgan fingerprint density at radius 1 is 0.255 bits per heavy atom. The third kappa shape index (κ3) is 58.7. The van der Waals surface area contributed by atoms with Crippen molar-refractivity contribution in [3.8, 4) is 23.8 Å². The van der Waals surface area contributed by atoms with Crippen molar-refractivity contribution < 1.29 is 23.0 Å². The van der Waals surface area contributed by atoms with Crippen LogP contribution in [0.15, 0.2) is 328 Å². The van der Waals surface area contributed by atoms with E-state index in [-0.39, 0.29) is 16.9 Å². The number of hydrogen-bond acceptors (Lipinski definition) is 2. The second-order valence-corrected chi connectivity index (χ2v) is 44.7. The van der Waals surface area contributed by atoms with Crippen molar-refractivity contribution in [3.05, 3.63) is 483 Å². The Hall–Kier alpha value is -12.0. The van der Waals surface area contributed by atoms with E-state index in [1.165, 1.54) is 153 Å². The van der Waals surface area contributed by atoms with Gasteiger partial charge in [0.15, 0.2) is 0 Å². The van der Waals surface area contributed by atoms with Crippen molar-refractivity contribution >= 4 is 0 Å². The zero-order chi connectivity index (χ0) is 113. The van der Waals surface area contributed by atoms with E-state index in [1.54, 1.807) is 25.3 Å². The number of aromatic hydroxyl groups is 1. The fourth-order valence-electron chi connectivity index (χ4n) is 14.6. The number of ether oxygens (including phenoxy) is 1. The molecule has 0 amide bonds. The number of aryl methyl sites for hydroxylation is 12. The average Bonchev–Trinajstić information content (AvgIpc) is 0.805. The molecule has 0 atom stereocenters. The van der Waals surface area contributed by atoms with Gasteiger partial charge in [-0.15, -0.1) is 6.42 Å². The summed E-state index contributed by atoms with van der Waals surface area (Å²) in [6, 6.07) is 113. The number of methoxy groups -OCH3 is 1. The molecular formula is C144H197F3O2. The molecule has 0 radical (unpaired) electrons. The van der Waals surface area contributed by atoms with Crippen LogP contribution in [0.25, 0.3) is 0 Å². The van der Waals surface area contributed by atoms with Gasteiger partial charge in [-0.1, -0.05) is 549 Å². The van der Waals surface area contributed by atoms with Gasteiger partial charge in [-0.2, -0.15) is 13.2 Å². The summed E-state index contributed by atoms with van der Waals surface area (Å²) in [5.41, 5.74) is 34.7. The summed E-state index contributed by atoms with van der Waals surface area (Å²) < 4.78 is 42.6. The second-order valence-electron chi connectivity index (χ2n) is 44.7. The SMILES string of the molecule is C#Cc1cccc(C(C)(C)C)c1.CC(C)c1ccc(O)cc1.CCc1ccc(C(C)C)cc1.COc1cccc(C(C)C)c1.Cc1ccc(C(C)C)c(C)c1.Cc1ccc(C(C)C)cc1.Cc1ccc(C(C)C)cc1.Cc1ccc(C(C)C)cc1.Cc1ccc(C(C)C)cc1.Cc1ccc(C(C)C)cc1.Cc1ccc(C(C)C)cc1.Cc1ccc(C(C)C)cc1C(F)(F)F.Cc1cccc(C(C)C)c1.Cc1cccc(C(C)C)c1. The Bertz CT molecular complexity index is 5380. The Labute approximate surface area is 910 Å². The number of rotatable bonds is 15. The monoisotopic (exact) mass is 2020 g/mol. The summed E-state index contributed by atoms with van der Waals surface area (Å²) in [7, 11) is 1.69. The Morgan fingerprint density at radius 2 is 0.503 bits per heavy atom. The molecule has 0 heterocycles. The lowest BCUT2D eigenvalue weighted by molar-refractivity contribution is -0.138. The predicted octanol–water partition coefficient (Wildman–Crippen LogP) is 44.2. The Kier molecular flexibility index (Phi) is 65.0. The molecule has 0 aliphatic rings. The maximum atomic E-state index is 12.5. The lowest BCUT2D eigenvalue weighted by Crippen LogP contribution is -2.10. The van der Waals surface area contributed by atoms with Gasteiger partial charge in [0.1, 0.15) is 11.5 Å². The van der Waals surface area contributed by atoms with E-state index in [4.69, 9.17) is 16.3 Å². The summed E-state index contributed by atoms with van der Waals surface area (Å²) in [4.78, 5) is 0. The van der Waals surface area contributed by atoms with Crippen LogP contribution < -0.4 is 4.74 Å². The quantitative estimate of drug-likeness (QED) is 0.104. The third-order valence-electron chi connectivity index (χ3n) is 25.4. The number of phenolic OH excluding ortho intramolecular Hbond substituents is 1. The summed E-state index contributed by atoms with van der Waals surface area (Å²) >= 11 is 0. The molecule has 14 aromatic rings. The van der Waals surface area contributed by atoms with Crippen LogP contribution in [-0.4, -0.2) is 12.2 Å². The van der Waals surface area contributed by atoms with Crippen LogP contribution in [-0.2, 0) is 18.0 Å². The molecular weight excluding hydrogens is 1820 g/mol. The van der Waals surface area contributed by atoms with Gasteiger partial charge in [-0.3, -0.25) is 0 Å². The Morgan fingerprint density at radius 3 is 0.745 bits per heavy atom. The molecule has 0 saturated heterocycles. The first-order valence-electron chi connectivity index (χ1n) is 54.6. The number of phenols is 1. The van der Waals surface area contributed by atoms with Crippen LogP contribution in [0.1, 0.15) is 440 Å². The van der Waals surface area contributed by atoms with Gasteiger partial charge in [-0.25, -0.2) is 0 Å². The minimum absolute atomic E-state index is 0.122. The smallest absolute Gasteiger partial charge is 0.416 e. The lowest BCUT2D eigenvalue weighted by atomic mass is 9.86. The van der Waals surface area contributed by atoms with Crippen molar-refractivity contribution in [1.29, 1.82) is 0 Å². The van der Waals surface area contributed by atoms with Gasteiger partial charge >= 0.3 is 6.18 Å². The first-order chi connectivity index (χ1) is 69.7. The highest BCUT2D eigenvalue weighted by molar-refractivity contribution is 5.40. The van der Waals surface area contributed by atoms with Gasteiger partial charge in [0.2, 0.25) is 0 Å². The van der Waals surface area contributed by atoms with Gasteiger partial charge in [0.05, 0.1) is 12.7 Å². The van der Waals surface area contributed by atoms with E-state index in [9.17, 15) is 13.2 Å². The average molecular weight is 2020 g/mol. The number of halogens is 3. The third-order valence-corrected chi connectivity index (χ3v) is 25.4. The molecule has 0 aliphatic carbocycles. The molecule has 14 rings (SSSR count). The molecule has 5 heteroatoms. The number of benzene rings is 14. The van der Waals surface area contributed by atoms with Crippen molar-refractivity contribution in [2.75, 3.05) is 7.11 Å². The molecule has 0 aliphatic heterocycles. The van der Waals surface area contributed by atoms with Gasteiger partial charge in [-0.05, 0) is 302 Å². The standard InChI is InChI=1S/C12H14.C11H13F3.2C11H16.C10H14O.8C10H14.C9H12O/c1-5-10-7-6-8-11(9-10)12(2,3)4;1-7(2)9-5-4-8(3)10(6-9)11(12,13)14;1-8(2)11-6-5-9(3)7-10(11)4;1-4-10-5-7-11(8-6-10)9(2)3;1-8(2)9-5-4-6-10(7-9)11-3;6*1-8(2)10-6-4-9(3)5-7-10;2*1-8(2)10-6-4-5-9(3)7-10;1-7(2)8-3-5-9(10)6-4-8/h1,6-9H,2-4H3;4-7H,1-3H3;5-8H,1-4H3;5-9H,4H2,1-3H3;4-8H,1-3H3;8*4-8H,1-3H3;3-7,10H,1-2H3. The summed E-state index contributed by atoms with van der Waals surface area (Å²) in [6.45, 7) is 88.2. The van der Waals surface area contributed by atoms with E-state index in [1.807, 2.05) is 50.2 Å². The first kappa shape index (κ1) is 135. The number of hydrogen-bond donors (Lipinski definition) is 1. The highest BCUT2D eigenvalue weighted by atomic mass is 19.4. The molecule has 0 unspecified atom stereocenters. The van der Waals surface area contributed by atoms with Crippen LogP contribution in [0.5, 0.6) is 11.5 Å². The maximum Gasteiger partial charge on any atom is 0.416 e. The summed E-state index contributed by atoms with van der Waals surface area (Å²) in [6.07, 6.45) is 2.21. The fourth-order valence-corrected chi connectivity index (χ4v) is 14.6. The molecule has 14 aromatic carbocycles. The van der Waals surface area contributed by atoms with Crippen molar-refractivity contribution in [1.82, 2.24) is 0 Å². The van der Waals surface area contributed by atoms with Crippen LogP contribution in [0, 0.1) is 88.5 Å². The minimum atomic E-state index is -4.24. The van der Waals surface area contributed by atoms with Gasteiger partial charge in [0, 0.05) is 5.56 Å². The highest BCUT2D eigenvalue weighted by Gasteiger charge is 2.32. The van der Waals surface area contributed by atoms with Crippen LogP contribution in [0.2, 0.25) is 0 Å². The van der Waals surface area contributed by atoms with Crippen LogP contribution in [0.3, 0.4) is 0 Å². The van der Waals surface area contributed by atoms with Crippen LogP contribution >= 0.6 is 0 Å². The highest BCUT2D eigenvalue weighted by Crippen LogP contribution is 2.35. The van der Waals surface area contributed by atoms with E-state index in [0.29, 0.717) is 76.8 Å². The number of terminal acetylenes is 1. The molecule has 806 valence electrons. The number of alkyl halides is 3. The largest absolute Gasteiger partial charge is 0.508 e. The van der Waals surface area contributed by atoms with Gasteiger partial charge in [0.25, 0.3) is 0 Å². The van der Waals surface area contributed by atoms with Crippen LogP contribution in [0.4, 0.5) is 13.2 Å². The predicted molar refractivity (Wildman–Crippen MR) is 655 cm³/mol. The molecule has 1 N–H and O–H groups in total. The van der Waals surface area contributed by atoms with Crippen molar-refractivity contribution in [2.45, 2.75) is 379 Å². The second kappa shape index (κ2) is 71.7. The fraction of sp³-hybridized carbons (Fsp3) is 0.403. The lowest BCUT2D eigenvalue weighted by Gasteiger charge is -2.18. The Balaban J connectivity index is 0.000000803. The van der Waals surface area contributed by atoms with Crippen molar-refractivity contribution in [3.63, 3.8) is 0 Å². The zero-order valence-corrected chi connectivity index (χ0v) is 100. The molecule has 0 bridgehead atoms. The minimum Gasteiger partial charge on any atom is -0.508 e. The molecule has 0 saturated carbocycles. The van der Waals surface area contributed by atoms with Gasteiger partial charge < -0.3 is 9.84 Å². The maximum absolute atomic E-state index is 12.5.